The van der Waals surface area contributed by atoms with Crippen molar-refractivity contribution in [3.63, 3.8) is 0 Å². The minimum atomic E-state index is -0.248. The van der Waals surface area contributed by atoms with Crippen molar-refractivity contribution in [2.75, 3.05) is 12.0 Å². The Morgan fingerprint density at radius 2 is 2.15 bits per heavy atom. The number of anilines is 1. The minimum absolute atomic E-state index is 0.0698. The van der Waals surface area contributed by atoms with Gasteiger partial charge in [-0.05, 0) is 18.2 Å². The zero-order chi connectivity index (χ0) is 13.9. The predicted molar refractivity (Wildman–Crippen MR) is 74.6 cm³/mol. The number of amides is 1. The molecule has 0 fully saturated rings. The first-order valence-corrected chi connectivity index (χ1v) is 6.23. The van der Waals surface area contributed by atoms with Crippen LogP contribution in [0.15, 0.2) is 42.7 Å². The summed E-state index contributed by atoms with van der Waals surface area (Å²) in [4.78, 5) is 18.1. The summed E-state index contributed by atoms with van der Waals surface area (Å²) in [5.74, 6) is 0.454. The molecule has 6 nitrogen and oxygen atoms in total. The van der Waals surface area contributed by atoms with Crippen molar-refractivity contribution in [3.05, 3.63) is 54.2 Å². The molecule has 0 atom stereocenters. The number of hydrogen-bond donors (Lipinski definition) is 2. The van der Waals surface area contributed by atoms with E-state index >= 15 is 0 Å². The maximum atomic E-state index is 12.1. The van der Waals surface area contributed by atoms with Crippen molar-refractivity contribution in [1.29, 1.82) is 0 Å². The zero-order valence-corrected chi connectivity index (χ0v) is 10.7. The van der Waals surface area contributed by atoms with Gasteiger partial charge in [-0.2, -0.15) is 0 Å². The Morgan fingerprint density at radius 3 is 2.90 bits per heavy atom. The molecular weight excluding hydrogens is 256 g/mol. The molecule has 0 bridgehead atoms. The number of nitrogens with one attached hydrogen (secondary N) is 1. The first kappa shape index (κ1) is 12.4. The molecular formula is C14H14N4O2. The van der Waals surface area contributed by atoms with Crippen molar-refractivity contribution in [1.82, 2.24) is 14.5 Å². The van der Waals surface area contributed by atoms with Gasteiger partial charge in [-0.3, -0.25) is 4.79 Å². The molecule has 2 aromatic rings. The number of carbonyl (C=O) groups is 1. The maximum absolute atomic E-state index is 12.1. The van der Waals surface area contributed by atoms with Gasteiger partial charge in [-0.1, -0.05) is 18.2 Å². The lowest BCUT2D eigenvalue weighted by Crippen LogP contribution is -2.24. The molecule has 1 aliphatic heterocycles. The Hall–Kier alpha value is -2.60. The molecule has 1 amide bonds. The van der Waals surface area contributed by atoms with Gasteiger partial charge in [-0.15, -0.1) is 0 Å². The van der Waals surface area contributed by atoms with Crippen LogP contribution in [0.3, 0.4) is 0 Å². The Labute approximate surface area is 116 Å². The molecule has 1 aromatic carbocycles. The number of aliphatic hydroxyl groups is 1. The predicted octanol–water partition coefficient (Wildman–Crippen LogP) is 1.33. The Kier molecular flexibility index (Phi) is 3.22. The Morgan fingerprint density at radius 1 is 1.35 bits per heavy atom. The van der Waals surface area contributed by atoms with Crippen LogP contribution in [0.5, 0.6) is 0 Å². The highest BCUT2D eigenvalue weighted by molar-refractivity contribution is 6.02. The van der Waals surface area contributed by atoms with E-state index in [1.54, 1.807) is 23.4 Å². The third-order valence-electron chi connectivity index (χ3n) is 3.02. The van der Waals surface area contributed by atoms with Gasteiger partial charge < -0.3 is 19.9 Å². The van der Waals surface area contributed by atoms with Gasteiger partial charge in [0.1, 0.15) is 18.2 Å². The molecule has 0 spiro atoms. The van der Waals surface area contributed by atoms with E-state index in [4.69, 9.17) is 5.11 Å². The van der Waals surface area contributed by atoms with E-state index in [1.165, 1.54) is 0 Å². The number of hydrogen-bond acceptors (Lipinski definition) is 4. The topological polar surface area (TPSA) is 70.4 Å². The molecule has 20 heavy (non-hydrogen) atoms. The van der Waals surface area contributed by atoms with Crippen LogP contribution < -0.4 is 5.32 Å². The highest BCUT2D eigenvalue weighted by atomic mass is 16.3. The van der Waals surface area contributed by atoms with Gasteiger partial charge in [0.2, 0.25) is 0 Å². The third kappa shape index (κ3) is 2.41. The van der Waals surface area contributed by atoms with E-state index < -0.39 is 0 Å². The monoisotopic (exact) mass is 270 g/mol. The molecule has 0 saturated carbocycles. The summed E-state index contributed by atoms with van der Waals surface area (Å²) >= 11 is 0. The normalized spacial score (nSPS) is 13.2. The number of para-hydroxylation sites is 1. The number of carbonyl (C=O) groups excluding carboxylic acids is 1. The number of aromatic nitrogens is 2. The average molecular weight is 270 g/mol. The van der Waals surface area contributed by atoms with Crippen molar-refractivity contribution < 1.29 is 9.90 Å². The number of aliphatic hydroxyl groups excluding tert-OH is 1. The molecule has 0 saturated heterocycles. The van der Waals surface area contributed by atoms with Crippen LogP contribution in [-0.2, 0) is 6.67 Å². The lowest BCUT2D eigenvalue weighted by molar-refractivity contribution is 0.102. The largest absolute Gasteiger partial charge is 0.376 e. The van der Waals surface area contributed by atoms with Crippen molar-refractivity contribution in [3.8, 4) is 0 Å². The highest BCUT2D eigenvalue weighted by Gasteiger charge is 2.16. The molecule has 1 aromatic heterocycles. The fourth-order valence-electron chi connectivity index (χ4n) is 2.01. The number of nitrogens with zero attached hydrogens (tertiary/aromatic N) is 3. The Bertz CT molecular complexity index is 648. The van der Waals surface area contributed by atoms with Crippen LogP contribution in [0.1, 0.15) is 16.3 Å². The summed E-state index contributed by atoms with van der Waals surface area (Å²) in [5, 5.41) is 11.9. The lowest BCUT2D eigenvalue weighted by Gasteiger charge is -2.21. The molecule has 0 aliphatic carbocycles. The van der Waals surface area contributed by atoms with Gasteiger partial charge in [0.25, 0.3) is 5.91 Å². The summed E-state index contributed by atoms with van der Waals surface area (Å²) < 4.78 is 1.82. The number of rotatable bonds is 3. The molecule has 1 aliphatic rings. The van der Waals surface area contributed by atoms with E-state index in [2.05, 4.69) is 10.3 Å². The maximum Gasteiger partial charge on any atom is 0.275 e. The minimum Gasteiger partial charge on any atom is -0.376 e. The van der Waals surface area contributed by atoms with Crippen LogP contribution >= 0.6 is 0 Å². The highest BCUT2D eigenvalue weighted by Crippen LogP contribution is 2.14. The van der Waals surface area contributed by atoms with E-state index in [0.29, 0.717) is 18.2 Å². The van der Waals surface area contributed by atoms with Crippen LogP contribution in [0, 0.1) is 0 Å². The molecule has 2 N–H and O–H groups in total. The Balaban J connectivity index is 1.77. The summed E-state index contributed by atoms with van der Waals surface area (Å²) in [7, 11) is 0. The van der Waals surface area contributed by atoms with E-state index in [-0.39, 0.29) is 12.6 Å². The number of fused-ring (bicyclic) bond motifs is 1. The van der Waals surface area contributed by atoms with E-state index in [0.717, 1.165) is 5.69 Å². The number of imidazole rings is 1. The molecule has 6 heteroatoms. The fourth-order valence-corrected chi connectivity index (χ4v) is 2.01. The van der Waals surface area contributed by atoms with Crippen molar-refractivity contribution >= 4 is 17.7 Å². The van der Waals surface area contributed by atoms with Crippen LogP contribution in [-0.4, -0.2) is 32.2 Å². The smallest absolute Gasteiger partial charge is 0.275 e. The van der Waals surface area contributed by atoms with E-state index in [9.17, 15) is 4.79 Å². The van der Waals surface area contributed by atoms with Crippen molar-refractivity contribution in [2.45, 2.75) is 6.67 Å². The molecule has 102 valence electrons. The fraction of sp³-hybridized carbons (Fsp3) is 0.143. The second-order valence-electron chi connectivity index (χ2n) is 4.46. The van der Waals surface area contributed by atoms with Crippen LogP contribution in [0.25, 0.3) is 6.08 Å². The lowest BCUT2D eigenvalue weighted by atomic mass is 10.3. The van der Waals surface area contributed by atoms with Gasteiger partial charge in [0.05, 0.1) is 6.67 Å². The quantitative estimate of drug-likeness (QED) is 0.882. The van der Waals surface area contributed by atoms with Gasteiger partial charge in [0, 0.05) is 18.1 Å². The first-order chi connectivity index (χ1) is 9.76. The van der Waals surface area contributed by atoms with Gasteiger partial charge in [-0.25, -0.2) is 4.98 Å². The van der Waals surface area contributed by atoms with E-state index in [1.807, 2.05) is 34.9 Å². The average Bonchev–Trinajstić information content (AvgIpc) is 2.91. The van der Waals surface area contributed by atoms with Crippen LogP contribution in [0.2, 0.25) is 0 Å². The molecule has 3 rings (SSSR count). The summed E-state index contributed by atoms with van der Waals surface area (Å²) in [5.41, 5.74) is 1.09. The summed E-state index contributed by atoms with van der Waals surface area (Å²) in [6.45, 7) is 0.410. The van der Waals surface area contributed by atoms with Gasteiger partial charge in [0.15, 0.2) is 0 Å². The summed E-state index contributed by atoms with van der Waals surface area (Å²) in [6, 6.07) is 9.24. The number of benzene rings is 1. The molecule has 0 unspecified atom stereocenters. The standard InChI is InChI=1S/C14H14N4O2/c19-10-17-7-6-13-16-12(8-18(13)9-17)14(20)15-11-4-2-1-3-5-11/h1-8,19H,9-10H2,(H,15,20). The van der Waals surface area contributed by atoms with Crippen LogP contribution in [0.4, 0.5) is 5.69 Å². The summed E-state index contributed by atoms with van der Waals surface area (Å²) in [6.07, 6.45) is 5.19. The molecule has 0 radical (unpaired) electrons. The zero-order valence-electron chi connectivity index (χ0n) is 10.7. The second kappa shape index (κ2) is 5.18. The third-order valence-corrected chi connectivity index (χ3v) is 3.02. The SMILES string of the molecule is O=C(Nc1ccccc1)c1cn2c(n1)C=CN(CO)C2. The first-order valence-electron chi connectivity index (χ1n) is 6.23. The second-order valence-corrected chi connectivity index (χ2v) is 4.46. The van der Waals surface area contributed by atoms with Crippen molar-refractivity contribution in [2.24, 2.45) is 0 Å². The van der Waals surface area contributed by atoms with Gasteiger partial charge >= 0.3 is 0 Å². The molecule has 2 heterocycles.